The van der Waals surface area contributed by atoms with Gasteiger partial charge in [0.15, 0.2) is 5.82 Å². The first-order chi connectivity index (χ1) is 9.70. The van der Waals surface area contributed by atoms with Gasteiger partial charge in [-0.1, -0.05) is 11.6 Å². The lowest BCUT2D eigenvalue weighted by Gasteiger charge is -2.12. The summed E-state index contributed by atoms with van der Waals surface area (Å²) >= 11 is 0. The van der Waals surface area contributed by atoms with Crippen LogP contribution in [0, 0.1) is 13.8 Å². The maximum absolute atomic E-state index is 5.64. The van der Waals surface area contributed by atoms with Crippen molar-refractivity contribution in [1.82, 2.24) is 15.1 Å². The molecule has 0 unspecified atom stereocenters. The number of nitrogens with two attached hydrogens (primary N) is 1. The molecule has 20 heavy (non-hydrogen) atoms. The Balaban J connectivity index is 2.16. The van der Waals surface area contributed by atoms with Crippen LogP contribution in [0.15, 0.2) is 4.52 Å². The van der Waals surface area contributed by atoms with Crippen molar-refractivity contribution in [3.05, 3.63) is 22.7 Å². The number of aromatic nitrogens is 3. The van der Waals surface area contributed by atoms with E-state index >= 15 is 0 Å². The first kappa shape index (κ1) is 13.1. The van der Waals surface area contributed by atoms with E-state index in [2.05, 4.69) is 15.6 Å². The fourth-order valence-electron chi connectivity index (χ4n) is 2.80. The highest BCUT2D eigenvalue weighted by Gasteiger charge is 2.20. The van der Waals surface area contributed by atoms with Gasteiger partial charge in [0.2, 0.25) is 0 Å². The normalized spacial score (nSPS) is 14.8. The van der Waals surface area contributed by atoms with Gasteiger partial charge in [-0.15, -0.1) is 0 Å². The van der Waals surface area contributed by atoms with Gasteiger partial charge in [0.25, 0.3) is 0 Å². The zero-order chi connectivity index (χ0) is 14.1. The topological polar surface area (TPSA) is 89.9 Å². The monoisotopic (exact) mass is 273 g/mol. The molecule has 3 N–H and O–H groups in total. The largest absolute Gasteiger partial charge is 0.361 e. The predicted octanol–water partition coefficient (Wildman–Crippen LogP) is 2.30. The lowest BCUT2D eigenvalue weighted by Crippen LogP contribution is -2.14. The third kappa shape index (κ3) is 2.16. The van der Waals surface area contributed by atoms with Crippen molar-refractivity contribution in [3.63, 3.8) is 0 Å². The van der Waals surface area contributed by atoms with Gasteiger partial charge in [-0.2, -0.15) is 0 Å². The average Bonchev–Trinajstić information content (AvgIpc) is 2.66. The summed E-state index contributed by atoms with van der Waals surface area (Å²) in [4.78, 5) is 9.30. The molecular formula is C14H19N5O. The van der Waals surface area contributed by atoms with E-state index in [1.165, 1.54) is 6.42 Å². The SMILES string of the molecule is Cc1noc(C)c1-c1nc2c(c(NN)n1)CCCCC2. The Morgan fingerprint density at radius 3 is 2.60 bits per heavy atom. The first-order valence-electron chi connectivity index (χ1n) is 7.00. The Kier molecular flexibility index (Phi) is 3.40. The Morgan fingerprint density at radius 1 is 1.10 bits per heavy atom. The molecular weight excluding hydrogens is 254 g/mol. The molecule has 0 atom stereocenters. The molecule has 0 aliphatic heterocycles. The van der Waals surface area contributed by atoms with E-state index in [1.807, 2.05) is 13.8 Å². The highest BCUT2D eigenvalue weighted by Crippen LogP contribution is 2.30. The summed E-state index contributed by atoms with van der Waals surface area (Å²) in [6, 6.07) is 0. The number of hydrazine groups is 1. The van der Waals surface area contributed by atoms with Crippen LogP contribution in [0.25, 0.3) is 11.4 Å². The average molecular weight is 273 g/mol. The Morgan fingerprint density at radius 2 is 1.90 bits per heavy atom. The number of anilines is 1. The second kappa shape index (κ2) is 5.20. The molecule has 6 heteroatoms. The number of aryl methyl sites for hydroxylation is 3. The second-order valence-electron chi connectivity index (χ2n) is 5.23. The number of nitrogens with one attached hydrogen (secondary N) is 1. The molecule has 6 nitrogen and oxygen atoms in total. The minimum Gasteiger partial charge on any atom is -0.361 e. The van der Waals surface area contributed by atoms with E-state index in [0.29, 0.717) is 5.82 Å². The number of hydrogen-bond donors (Lipinski definition) is 2. The van der Waals surface area contributed by atoms with E-state index < -0.39 is 0 Å². The van der Waals surface area contributed by atoms with E-state index in [0.717, 1.165) is 59.8 Å². The van der Waals surface area contributed by atoms with Crippen LogP contribution in [-0.2, 0) is 12.8 Å². The van der Waals surface area contributed by atoms with Gasteiger partial charge in [0, 0.05) is 11.3 Å². The van der Waals surface area contributed by atoms with Crippen LogP contribution >= 0.6 is 0 Å². The van der Waals surface area contributed by atoms with Gasteiger partial charge in [-0.25, -0.2) is 15.8 Å². The summed E-state index contributed by atoms with van der Waals surface area (Å²) in [5.74, 6) is 7.76. The molecule has 0 amide bonds. The van der Waals surface area contributed by atoms with Crippen molar-refractivity contribution in [3.8, 4) is 11.4 Å². The molecule has 0 bridgehead atoms. The van der Waals surface area contributed by atoms with Gasteiger partial charge in [0.1, 0.15) is 11.6 Å². The fraction of sp³-hybridized carbons (Fsp3) is 0.500. The van der Waals surface area contributed by atoms with Crippen molar-refractivity contribution in [1.29, 1.82) is 0 Å². The van der Waals surface area contributed by atoms with Crippen LogP contribution in [0.4, 0.5) is 5.82 Å². The number of fused-ring (bicyclic) bond motifs is 1. The third-order valence-electron chi connectivity index (χ3n) is 3.83. The molecule has 106 valence electrons. The highest BCUT2D eigenvalue weighted by molar-refractivity contribution is 5.63. The maximum atomic E-state index is 5.64. The van der Waals surface area contributed by atoms with Gasteiger partial charge in [-0.3, -0.25) is 0 Å². The maximum Gasteiger partial charge on any atom is 0.167 e. The van der Waals surface area contributed by atoms with Gasteiger partial charge >= 0.3 is 0 Å². The molecule has 0 radical (unpaired) electrons. The van der Waals surface area contributed by atoms with Crippen molar-refractivity contribution in [2.45, 2.75) is 46.0 Å². The van der Waals surface area contributed by atoms with Crippen LogP contribution in [0.2, 0.25) is 0 Å². The summed E-state index contributed by atoms with van der Waals surface area (Å²) in [6.07, 6.45) is 5.51. The lowest BCUT2D eigenvalue weighted by atomic mass is 10.1. The summed E-state index contributed by atoms with van der Waals surface area (Å²) in [5.41, 5.74) is 6.65. The van der Waals surface area contributed by atoms with Crippen LogP contribution in [-0.4, -0.2) is 15.1 Å². The Hall–Kier alpha value is -1.95. The van der Waals surface area contributed by atoms with E-state index in [1.54, 1.807) is 0 Å². The molecule has 3 rings (SSSR count). The van der Waals surface area contributed by atoms with Crippen LogP contribution in [0.1, 0.15) is 42.0 Å². The number of rotatable bonds is 2. The zero-order valence-corrected chi connectivity index (χ0v) is 11.9. The minimum absolute atomic E-state index is 0.648. The number of nitrogens with zero attached hydrogens (tertiary/aromatic N) is 3. The molecule has 0 spiro atoms. The molecule has 0 fully saturated rings. The minimum atomic E-state index is 0.648. The van der Waals surface area contributed by atoms with Gasteiger partial charge in [0.05, 0.1) is 11.3 Å². The van der Waals surface area contributed by atoms with Gasteiger partial charge in [-0.05, 0) is 39.5 Å². The van der Waals surface area contributed by atoms with Crippen LogP contribution < -0.4 is 11.3 Å². The summed E-state index contributed by atoms with van der Waals surface area (Å²) in [6.45, 7) is 3.77. The van der Waals surface area contributed by atoms with E-state index in [-0.39, 0.29) is 0 Å². The molecule has 0 saturated heterocycles. The molecule has 2 heterocycles. The smallest absolute Gasteiger partial charge is 0.167 e. The van der Waals surface area contributed by atoms with Crippen molar-refractivity contribution < 1.29 is 4.52 Å². The molecule has 1 aliphatic rings. The Labute approximate surface area is 117 Å². The first-order valence-corrected chi connectivity index (χ1v) is 7.00. The van der Waals surface area contributed by atoms with Crippen molar-refractivity contribution in [2.24, 2.45) is 5.84 Å². The zero-order valence-electron chi connectivity index (χ0n) is 11.9. The van der Waals surface area contributed by atoms with E-state index in [4.69, 9.17) is 15.3 Å². The quantitative estimate of drug-likeness (QED) is 0.496. The number of nitrogen functional groups attached to an aromatic ring is 1. The standard InChI is InChI=1S/C14H19N5O/c1-8-12(9(2)20-19-8)14-16-11-7-5-3-4-6-10(11)13(17-14)18-15/h3-7,15H2,1-2H3,(H,16,17,18). The lowest BCUT2D eigenvalue weighted by molar-refractivity contribution is 0.393. The van der Waals surface area contributed by atoms with Crippen molar-refractivity contribution in [2.75, 3.05) is 5.43 Å². The Bertz CT molecular complexity index is 615. The molecule has 1 aliphatic carbocycles. The summed E-state index contributed by atoms with van der Waals surface area (Å²) < 4.78 is 5.21. The highest BCUT2D eigenvalue weighted by atomic mass is 16.5. The molecule has 2 aromatic rings. The van der Waals surface area contributed by atoms with Crippen LogP contribution in [0.3, 0.4) is 0 Å². The summed E-state index contributed by atoms with van der Waals surface area (Å²) in [5, 5.41) is 3.97. The van der Waals surface area contributed by atoms with Gasteiger partial charge < -0.3 is 9.95 Å². The van der Waals surface area contributed by atoms with E-state index in [9.17, 15) is 0 Å². The van der Waals surface area contributed by atoms with Crippen molar-refractivity contribution >= 4 is 5.82 Å². The molecule has 0 aromatic carbocycles. The second-order valence-corrected chi connectivity index (χ2v) is 5.23. The van der Waals surface area contributed by atoms with Crippen LogP contribution in [0.5, 0.6) is 0 Å². The summed E-state index contributed by atoms with van der Waals surface area (Å²) in [7, 11) is 0. The molecule has 0 saturated carbocycles. The number of hydrogen-bond acceptors (Lipinski definition) is 6. The molecule has 2 aromatic heterocycles. The third-order valence-corrected chi connectivity index (χ3v) is 3.83. The fourth-order valence-corrected chi connectivity index (χ4v) is 2.80. The predicted molar refractivity (Wildman–Crippen MR) is 76.1 cm³/mol.